The van der Waals surface area contributed by atoms with E-state index in [1.54, 1.807) is 0 Å². The number of hydrogen-bond donors (Lipinski definition) is 2. The molecule has 0 saturated heterocycles. The lowest BCUT2D eigenvalue weighted by Gasteiger charge is -2.38. The topological polar surface area (TPSA) is 76.0 Å². The van der Waals surface area contributed by atoms with Crippen LogP contribution >= 0.6 is 0 Å². The van der Waals surface area contributed by atoms with E-state index >= 15 is 0 Å². The Morgan fingerprint density at radius 1 is 1.27 bits per heavy atom. The maximum absolute atomic E-state index is 12.0. The van der Waals surface area contributed by atoms with Crippen molar-refractivity contribution in [2.45, 2.75) is 65.0 Å². The molecule has 2 N–H and O–H groups in total. The molecule has 0 amide bonds. The first-order valence-electron chi connectivity index (χ1n) is 8.12. The molecule has 3 aliphatic rings. The van der Waals surface area contributed by atoms with Crippen LogP contribution in [0.2, 0.25) is 0 Å². The fraction of sp³-hybridized carbons (Fsp3) is 0.824. The van der Waals surface area contributed by atoms with Gasteiger partial charge in [0, 0.05) is 24.2 Å². The lowest BCUT2D eigenvalue weighted by atomic mass is 9.77. The van der Waals surface area contributed by atoms with Crippen LogP contribution in [-0.4, -0.2) is 40.8 Å². The van der Waals surface area contributed by atoms with Gasteiger partial charge in [0.1, 0.15) is 0 Å². The Balaban J connectivity index is 2.07. The number of aliphatic hydroxyl groups excluding tert-OH is 2. The summed E-state index contributed by atoms with van der Waals surface area (Å²) in [6, 6.07) is 0. The molecule has 5 heteroatoms. The van der Waals surface area contributed by atoms with Gasteiger partial charge in [0.2, 0.25) is 6.29 Å². The smallest absolute Gasteiger partial charge is 0.336 e. The second kappa shape index (κ2) is 5.05. The molecule has 0 aromatic heterocycles. The van der Waals surface area contributed by atoms with Crippen LogP contribution in [0.4, 0.5) is 0 Å². The molecule has 1 heterocycles. The number of aliphatic hydroxyl groups is 2. The largest absolute Gasteiger partial charge is 0.428 e. The third kappa shape index (κ3) is 2.30. The van der Waals surface area contributed by atoms with Crippen molar-refractivity contribution < 1.29 is 24.5 Å². The number of ether oxygens (including phenoxy) is 2. The maximum Gasteiger partial charge on any atom is 0.336 e. The molecule has 0 aromatic carbocycles. The molecule has 5 atom stereocenters. The molecule has 0 aromatic rings. The van der Waals surface area contributed by atoms with Gasteiger partial charge in [0.05, 0.1) is 11.7 Å². The van der Waals surface area contributed by atoms with Crippen molar-refractivity contribution in [3.8, 4) is 0 Å². The Morgan fingerprint density at radius 3 is 2.59 bits per heavy atom. The van der Waals surface area contributed by atoms with Gasteiger partial charge >= 0.3 is 5.97 Å². The van der Waals surface area contributed by atoms with Gasteiger partial charge in [0.15, 0.2) is 0 Å². The number of carbonyl (C=O) groups excluding carboxylic acids is 1. The number of hydrogen-bond acceptors (Lipinski definition) is 5. The molecule has 0 radical (unpaired) electrons. The molecule has 1 fully saturated rings. The lowest BCUT2D eigenvalue weighted by Crippen LogP contribution is -2.42. The zero-order chi connectivity index (χ0) is 16.3. The number of cyclic esters (lactones) is 1. The van der Waals surface area contributed by atoms with Crippen LogP contribution in [0.1, 0.15) is 47.0 Å². The summed E-state index contributed by atoms with van der Waals surface area (Å²) in [6.07, 6.45) is 0.0209. The maximum atomic E-state index is 12.0. The summed E-state index contributed by atoms with van der Waals surface area (Å²) in [5, 5.41) is 20.9. The fourth-order valence-corrected chi connectivity index (χ4v) is 4.81. The third-order valence-electron chi connectivity index (χ3n) is 5.67. The molecule has 124 valence electrons. The summed E-state index contributed by atoms with van der Waals surface area (Å²) >= 11 is 0. The van der Waals surface area contributed by atoms with E-state index in [1.807, 2.05) is 13.8 Å². The Hall–Kier alpha value is -0.910. The highest BCUT2D eigenvalue weighted by molar-refractivity contribution is 5.92. The monoisotopic (exact) mass is 310 g/mol. The van der Waals surface area contributed by atoms with E-state index < -0.39 is 24.0 Å². The number of rotatable bonds is 2. The van der Waals surface area contributed by atoms with Crippen molar-refractivity contribution in [1.29, 1.82) is 0 Å². The molecule has 1 saturated carbocycles. The number of carbonyl (C=O) groups is 1. The first kappa shape index (κ1) is 16.0. The number of esters is 1. The van der Waals surface area contributed by atoms with Crippen molar-refractivity contribution in [2.24, 2.45) is 17.3 Å². The molecule has 1 aliphatic heterocycles. The second-order valence-electron chi connectivity index (χ2n) is 7.90. The zero-order valence-electron chi connectivity index (χ0n) is 13.8. The molecule has 22 heavy (non-hydrogen) atoms. The number of fused-ring (bicyclic) bond motifs is 1. The van der Waals surface area contributed by atoms with Crippen LogP contribution < -0.4 is 0 Å². The van der Waals surface area contributed by atoms with Gasteiger partial charge in [-0.05, 0) is 43.9 Å². The minimum atomic E-state index is -1.31. The van der Waals surface area contributed by atoms with Gasteiger partial charge in [-0.1, -0.05) is 13.8 Å². The van der Waals surface area contributed by atoms with Crippen LogP contribution in [0, 0.1) is 17.3 Å². The molecule has 0 unspecified atom stereocenters. The average molecular weight is 310 g/mol. The quantitative estimate of drug-likeness (QED) is 0.760. The van der Waals surface area contributed by atoms with Crippen LogP contribution in [0.5, 0.6) is 0 Å². The first-order valence-corrected chi connectivity index (χ1v) is 8.12. The summed E-state index contributed by atoms with van der Waals surface area (Å²) < 4.78 is 11.0. The zero-order valence-corrected chi connectivity index (χ0v) is 13.8. The molecular formula is C17H26O5. The van der Waals surface area contributed by atoms with E-state index in [-0.39, 0.29) is 17.3 Å². The SMILES string of the molecule is CCO[C@]1(C)CC2=C([C@@H](O)OC2=O)[C@H](O)[C@H]2CC(C)(C)C[C@H]21. The Morgan fingerprint density at radius 2 is 1.95 bits per heavy atom. The van der Waals surface area contributed by atoms with Crippen molar-refractivity contribution in [1.82, 2.24) is 0 Å². The highest BCUT2D eigenvalue weighted by atomic mass is 16.6. The molecular weight excluding hydrogens is 284 g/mol. The Labute approximate surface area is 131 Å². The summed E-state index contributed by atoms with van der Waals surface area (Å²) in [4.78, 5) is 12.0. The van der Waals surface area contributed by atoms with E-state index in [9.17, 15) is 15.0 Å². The Kier molecular flexibility index (Phi) is 3.66. The standard InChI is InChI=1S/C17H26O5/c1-5-21-17(4)7-10-12(15(20)22-14(10)19)13(18)9-6-16(2,3)8-11(9)17/h9,11,13,15,18,20H,5-8H2,1-4H3/t9-,11+,13+,15-,17+/m0/s1. The van der Waals surface area contributed by atoms with Crippen LogP contribution in [0.3, 0.4) is 0 Å². The summed E-state index contributed by atoms with van der Waals surface area (Å²) in [5.41, 5.74) is 0.361. The van der Waals surface area contributed by atoms with Gasteiger partial charge in [-0.2, -0.15) is 0 Å². The Bertz CT molecular complexity index is 523. The predicted octanol–water partition coefficient (Wildman–Crippen LogP) is 1.77. The normalized spacial score (nSPS) is 43.6. The minimum Gasteiger partial charge on any atom is -0.428 e. The molecule has 0 bridgehead atoms. The van der Waals surface area contributed by atoms with Gasteiger partial charge in [-0.15, -0.1) is 0 Å². The van der Waals surface area contributed by atoms with Gasteiger partial charge in [-0.25, -0.2) is 4.79 Å². The highest BCUT2D eigenvalue weighted by Crippen LogP contribution is 2.56. The van der Waals surface area contributed by atoms with Crippen LogP contribution in [0.15, 0.2) is 11.1 Å². The summed E-state index contributed by atoms with van der Waals surface area (Å²) in [6.45, 7) is 8.91. The minimum absolute atomic E-state index is 0.0248. The van der Waals surface area contributed by atoms with E-state index in [2.05, 4.69) is 13.8 Å². The van der Waals surface area contributed by atoms with Crippen LogP contribution in [-0.2, 0) is 14.3 Å². The van der Waals surface area contributed by atoms with E-state index in [0.29, 0.717) is 24.2 Å². The van der Waals surface area contributed by atoms with Crippen molar-refractivity contribution >= 4 is 5.97 Å². The summed E-state index contributed by atoms with van der Waals surface area (Å²) in [7, 11) is 0. The van der Waals surface area contributed by atoms with Gasteiger partial charge < -0.3 is 19.7 Å². The second-order valence-corrected chi connectivity index (χ2v) is 7.90. The fourth-order valence-electron chi connectivity index (χ4n) is 4.81. The molecule has 2 aliphatic carbocycles. The van der Waals surface area contributed by atoms with Crippen molar-refractivity contribution in [3.63, 3.8) is 0 Å². The first-order chi connectivity index (χ1) is 10.2. The molecule has 0 spiro atoms. The van der Waals surface area contributed by atoms with Crippen molar-refractivity contribution in [3.05, 3.63) is 11.1 Å². The average Bonchev–Trinajstić information content (AvgIpc) is 2.84. The van der Waals surface area contributed by atoms with Crippen LogP contribution in [0.25, 0.3) is 0 Å². The van der Waals surface area contributed by atoms with E-state index in [1.165, 1.54) is 0 Å². The van der Waals surface area contributed by atoms with Gasteiger partial charge in [0.25, 0.3) is 0 Å². The van der Waals surface area contributed by atoms with Gasteiger partial charge in [-0.3, -0.25) is 0 Å². The van der Waals surface area contributed by atoms with E-state index in [4.69, 9.17) is 9.47 Å². The summed E-state index contributed by atoms with van der Waals surface area (Å²) in [5.74, 6) is -0.391. The van der Waals surface area contributed by atoms with Crippen molar-refractivity contribution in [2.75, 3.05) is 6.61 Å². The lowest BCUT2D eigenvalue weighted by molar-refractivity contribution is -0.155. The third-order valence-corrected chi connectivity index (χ3v) is 5.67. The molecule has 5 nitrogen and oxygen atoms in total. The predicted molar refractivity (Wildman–Crippen MR) is 79.8 cm³/mol. The highest BCUT2D eigenvalue weighted by Gasteiger charge is 2.57. The molecule has 3 rings (SSSR count). The van der Waals surface area contributed by atoms with E-state index in [0.717, 1.165) is 12.8 Å².